The van der Waals surface area contributed by atoms with E-state index >= 15 is 0 Å². The molecule has 0 spiro atoms. The van der Waals surface area contributed by atoms with Crippen LogP contribution in [0.5, 0.6) is 0 Å². The molecule has 0 unspecified atom stereocenters. The third-order valence-corrected chi connectivity index (χ3v) is 1.55. The monoisotopic (exact) mass is 169 g/mol. The summed E-state index contributed by atoms with van der Waals surface area (Å²) in [4.78, 5) is 24.0. The van der Waals surface area contributed by atoms with Crippen LogP contribution in [0.15, 0.2) is 20.2 Å². The van der Waals surface area contributed by atoms with Crippen molar-refractivity contribution in [2.45, 2.75) is 26.2 Å². The van der Waals surface area contributed by atoms with Gasteiger partial charge in [-0.15, -0.1) is 0 Å². The largest absolute Gasteiger partial charge is 0.419 e. The van der Waals surface area contributed by atoms with Crippen molar-refractivity contribution >= 4 is 0 Å². The van der Waals surface area contributed by atoms with Crippen LogP contribution in [0.1, 0.15) is 26.3 Å². The van der Waals surface area contributed by atoms with Gasteiger partial charge in [-0.25, -0.2) is 9.59 Å². The molecule has 4 nitrogen and oxygen atoms in total. The summed E-state index contributed by atoms with van der Waals surface area (Å²) >= 11 is 0. The third kappa shape index (κ3) is 1.64. The van der Waals surface area contributed by atoms with Gasteiger partial charge in [0.25, 0.3) is 0 Å². The van der Waals surface area contributed by atoms with Crippen LogP contribution in [0.25, 0.3) is 0 Å². The highest BCUT2D eigenvalue weighted by Gasteiger charge is 2.18. The van der Waals surface area contributed by atoms with E-state index in [0.717, 1.165) is 0 Å². The minimum atomic E-state index is -0.715. The van der Waals surface area contributed by atoms with Gasteiger partial charge in [0.2, 0.25) is 0 Å². The van der Waals surface area contributed by atoms with Crippen molar-refractivity contribution in [2.24, 2.45) is 0 Å². The Labute approximate surface area is 69.2 Å². The first-order valence-corrected chi connectivity index (χ1v) is 3.64. The SMILES string of the molecule is CC(C)(C)c1c[nH]c(=O)oc1=O. The molecule has 1 aromatic heterocycles. The molecule has 0 fully saturated rings. The molecule has 0 aliphatic rings. The van der Waals surface area contributed by atoms with Crippen LogP contribution in [0, 0.1) is 0 Å². The third-order valence-electron chi connectivity index (χ3n) is 1.55. The standard InChI is InChI=1S/C8H11NO3/c1-8(2,3)5-4-9-7(11)12-6(5)10/h4H,1-3H3,(H,9,11). The lowest BCUT2D eigenvalue weighted by molar-refractivity contribution is 0.419. The first-order chi connectivity index (χ1) is 5.41. The summed E-state index contributed by atoms with van der Waals surface area (Å²) in [6, 6.07) is 0. The summed E-state index contributed by atoms with van der Waals surface area (Å²) in [5.41, 5.74) is -0.390. The molecule has 66 valence electrons. The van der Waals surface area contributed by atoms with E-state index in [4.69, 9.17) is 0 Å². The predicted molar refractivity (Wildman–Crippen MR) is 44.3 cm³/mol. The molecule has 0 aromatic carbocycles. The Bertz CT molecular complexity index is 380. The highest BCUT2D eigenvalue weighted by molar-refractivity contribution is 5.12. The van der Waals surface area contributed by atoms with Gasteiger partial charge in [-0.3, -0.25) is 4.98 Å². The zero-order valence-electron chi connectivity index (χ0n) is 7.30. The van der Waals surface area contributed by atoms with Gasteiger partial charge >= 0.3 is 11.4 Å². The smallest absolute Gasteiger partial charge is 0.372 e. The maximum absolute atomic E-state index is 11.1. The second-order valence-electron chi connectivity index (χ2n) is 3.63. The highest BCUT2D eigenvalue weighted by atomic mass is 16.4. The van der Waals surface area contributed by atoms with Gasteiger partial charge in [0.1, 0.15) is 0 Å². The van der Waals surface area contributed by atoms with E-state index in [2.05, 4.69) is 9.40 Å². The first-order valence-electron chi connectivity index (χ1n) is 3.64. The molecular weight excluding hydrogens is 158 g/mol. The van der Waals surface area contributed by atoms with Crippen molar-refractivity contribution in [3.63, 3.8) is 0 Å². The number of rotatable bonds is 0. The van der Waals surface area contributed by atoms with Crippen LogP contribution in [0.3, 0.4) is 0 Å². The Morgan fingerprint density at radius 1 is 1.33 bits per heavy atom. The van der Waals surface area contributed by atoms with Crippen LogP contribution in [0.2, 0.25) is 0 Å². The number of H-pyrrole nitrogens is 1. The fourth-order valence-electron chi connectivity index (χ4n) is 0.881. The highest BCUT2D eigenvalue weighted by Crippen LogP contribution is 2.16. The summed E-state index contributed by atoms with van der Waals surface area (Å²) in [7, 11) is 0. The molecule has 0 aliphatic carbocycles. The molecule has 1 rings (SSSR count). The molecule has 0 atom stereocenters. The number of hydrogen-bond acceptors (Lipinski definition) is 3. The lowest BCUT2D eigenvalue weighted by Crippen LogP contribution is -2.26. The van der Waals surface area contributed by atoms with E-state index in [-0.39, 0.29) is 5.41 Å². The molecule has 1 heterocycles. The molecule has 1 aromatic rings. The molecule has 1 N–H and O–H groups in total. The van der Waals surface area contributed by atoms with Crippen molar-refractivity contribution in [1.82, 2.24) is 4.98 Å². The van der Waals surface area contributed by atoms with Gasteiger partial charge in [-0.1, -0.05) is 20.8 Å². The fraction of sp³-hybridized carbons (Fsp3) is 0.500. The van der Waals surface area contributed by atoms with Gasteiger partial charge in [-0.05, 0) is 5.41 Å². The minimum Gasteiger partial charge on any atom is -0.372 e. The van der Waals surface area contributed by atoms with Crippen molar-refractivity contribution in [3.05, 3.63) is 32.7 Å². The Hall–Kier alpha value is -1.32. The summed E-state index contributed by atoms with van der Waals surface area (Å²) in [6.07, 6.45) is 1.40. The second kappa shape index (κ2) is 2.62. The zero-order valence-corrected chi connectivity index (χ0v) is 7.30. The lowest BCUT2D eigenvalue weighted by atomic mass is 9.89. The van der Waals surface area contributed by atoms with E-state index in [1.54, 1.807) is 0 Å². The van der Waals surface area contributed by atoms with E-state index in [9.17, 15) is 9.59 Å². The number of hydrogen-bond donors (Lipinski definition) is 1. The summed E-state index contributed by atoms with van der Waals surface area (Å²) in [6.45, 7) is 5.62. The summed E-state index contributed by atoms with van der Waals surface area (Å²) < 4.78 is 4.37. The van der Waals surface area contributed by atoms with Gasteiger partial charge in [0, 0.05) is 6.20 Å². The molecule has 0 aliphatic heterocycles. The Morgan fingerprint density at radius 3 is 2.33 bits per heavy atom. The van der Waals surface area contributed by atoms with Crippen molar-refractivity contribution in [2.75, 3.05) is 0 Å². The van der Waals surface area contributed by atoms with Crippen molar-refractivity contribution in [1.29, 1.82) is 0 Å². The van der Waals surface area contributed by atoms with Crippen molar-refractivity contribution < 1.29 is 4.42 Å². The van der Waals surface area contributed by atoms with Crippen LogP contribution < -0.4 is 11.4 Å². The van der Waals surface area contributed by atoms with Crippen LogP contribution in [-0.4, -0.2) is 4.98 Å². The maximum atomic E-state index is 11.1. The summed E-state index contributed by atoms with van der Waals surface area (Å²) in [5, 5.41) is 0. The average molecular weight is 169 g/mol. The topological polar surface area (TPSA) is 63.1 Å². The average Bonchev–Trinajstić information content (AvgIpc) is 1.83. The van der Waals surface area contributed by atoms with E-state index in [0.29, 0.717) is 5.56 Å². The van der Waals surface area contributed by atoms with E-state index in [1.165, 1.54) is 6.20 Å². The van der Waals surface area contributed by atoms with Gasteiger partial charge in [0.05, 0.1) is 5.56 Å². The Morgan fingerprint density at radius 2 is 1.92 bits per heavy atom. The molecular formula is C8H11NO3. The lowest BCUT2D eigenvalue weighted by Gasteiger charge is -2.15. The van der Waals surface area contributed by atoms with E-state index < -0.39 is 11.4 Å². The Kier molecular flexibility index (Phi) is 1.92. The second-order valence-corrected chi connectivity index (χ2v) is 3.63. The van der Waals surface area contributed by atoms with Crippen LogP contribution >= 0.6 is 0 Å². The molecule has 0 bridgehead atoms. The molecule has 4 heteroatoms. The molecule has 0 amide bonds. The van der Waals surface area contributed by atoms with Gasteiger partial charge < -0.3 is 4.42 Å². The number of aromatic nitrogens is 1. The Balaban J connectivity index is 3.39. The van der Waals surface area contributed by atoms with Crippen molar-refractivity contribution in [3.8, 4) is 0 Å². The first kappa shape index (κ1) is 8.77. The maximum Gasteiger partial charge on any atom is 0.419 e. The normalized spacial score (nSPS) is 11.6. The number of nitrogens with one attached hydrogen (secondary N) is 1. The van der Waals surface area contributed by atoms with Gasteiger partial charge in [0.15, 0.2) is 0 Å². The minimum absolute atomic E-state index is 0.301. The quantitative estimate of drug-likeness (QED) is 0.619. The van der Waals surface area contributed by atoms with Gasteiger partial charge in [-0.2, -0.15) is 0 Å². The molecule has 0 saturated heterocycles. The predicted octanol–water partition coefficient (Wildman–Crippen LogP) is 0.626. The van der Waals surface area contributed by atoms with Crippen LogP contribution in [-0.2, 0) is 5.41 Å². The molecule has 0 saturated carbocycles. The zero-order chi connectivity index (χ0) is 9.35. The molecule has 0 radical (unpaired) electrons. The van der Waals surface area contributed by atoms with Crippen LogP contribution in [0.4, 0.5) is 0 Å². The van der Waals surface area contributed by atoms with E-state index in [1.807, 2.05) is 20.8 Å². The molecule has 12 heavy (non-hydrogen) atoms. The fourth-order valence-corrected chi connectivity index (χ4v) is 0.881. The number of aromatic amines is 1. The summed E-state index contributed by atoms with van der Waals surface area (Å²) in [5.74, 6) is -0.715.